The molecule has 0 spiro atoms. The van der Waals surface area contributed by atoms with Crippen LogP contribution < -0.4 is 0 Å². The number of benzene rings is 1. The van der Waals surface area contributed by atoms with Gasteiger partial charge < -0.3 is 4.74 Å². The number of carbonyl (C=O) groups is 2. The van der Waals surface area contributed by atoms with Crippen LogP contribution in [0, 0.1) is 6.92 Å². The molecule has 0 aromatic heterocycles. The third kappa shape index (κ3) is 6.45. The number of aryl methyl sites for hydroxylation is 1. The smallest absolute Gasteiger partial charge is 0.230 e. The van der Waals surface area contributed by atoms with Crippen LogP contribution in [-0.2, 0) is 14.3 Å². The molecule has 1 atom stereocenters. The molecule has 0 N–H and O–H groups in total. The van der Waals surface area contributed by atoms with Crippen LogP contribution in [0.1, 0.15) is 36.6 Å². The zero-order valence-electron chi connectivity index (χ0n) is 14.3. The average Bonchev–Trinajstić information content (AvgIpc) is 2.52. The molecule has 0 radical (unpaired) electrons. The molecule has 24 heavy (non-hydrogen) atoms. The molecule has 2 amide bonds. The maximum absolute atomic E-state index is 12.5. The van der Waals surface area contributed by atoms with Gasteiger partial charge in [-0.1, -0.05) is 47.7 Å². The van der Waals surface area contributed by atoms with E-state index in [1.807, 2.05) is 38.1 Å². The summed E-state index contributed by atoms with van der Waals surface area (Å²) < 4.78 is 5.74. The van der Waals surface area contributed by atoms with Gasteiger partial charge in [0.1, 0.15) is 0 Å². The second-order valence-corrected chi connectivity index (χ2v) is 7.02. The molecule has 0 aliphatic rings. The summed E-state index contributed by atoms with van der Waals surface area (Å²) in [5.41, 5.74) is 2.11. The quantitative estimate of drug-likeness (QED) is 0.539. The van der Waals surface area contributed by atoms with E-state index in [0.29, 0.717) is 11.0 Å². The molecule has 6 heteroatoms. The van der Waals surface area contributed by atoms with Gasteiger partial charge in [0.25, 0.3) is 0 Å². The lowest BCUT2D eigenvalue weighted by Gasteiger charge is -2.22. The lowest BCUT2D eigenvalue weighted by atomic mass is 10.1. The van der Waals surface area contributed by atoms with E-state index in [2.05, 4.69) is 6.58 Å². The van der Waals surface area contributed by atoms with E-state index >= 15 is 0 Å². The predicted octanol–water partition coefficient (Wildman–Crippen LogP) is 4.04. The van der Waals surface area contributed by atoms with Crippen molar-refractivity contribution >= 4 is 40.2 Å². The Balaban J connectivity index is 2.97. The number of thiocarbonyl (C=S) groups is 1. The molecule has 0 bridgehead atoms. The van der Waals surface area contributed by atoms with Gasteiger partial charge in [-0.15, -0.1) is 6.58 Å². The minimum absolute atomic E-state index is 0.161. The van der Waals surface area contributed by atoms with Gasteiger partial charge in [0.15, 0.2) is 0 Å². The van der Waals surface area contributed by atoms with Crippen LogP contribution in [-0.4, -0.2) is 34.2 Å². The van der Waals surface area contributed by atoms with Crippen molar-refractivity contribution in [2.45, 2.75) is 32.4 Å². The van der Waals surface area contributed by atoms with Crippen LogP contribution in [0.4, 0.5) is 0 Å². The van der Waals surface area contributed by atoms with Gasteiger partial charge in [-0.05, 0) is 31.6 Å². The molecule has 4 nitrogen and oxygen atoms in total. The molecule has 0 aliphatic heterocycles. The van der Waals surface area contributed by atoms with Crippen molar-refractivity contribution in [3.63, 3.8) is 0 Å². The monoisotopic (exact) mass is 365 g/mol. The van der Waals surface area contributed by atoms with Crippen molar-refractivity contribution in [1.29, 1.82) is 0 Å². The largest absolute Gasteiger partial charge is 0.479 e. The number of thioether (sulfide) groups is 1. The summed E-state index contributed by atoms with van der Waals surface area (Å²) in [7, 11) is 0. The number of hydrogen-bond acceptors (Lipinski definition) is 5. The first-order valence-electron chi connectivity index (χ1n) is 7.70. The fraction of sp³-hybridized carbons (Fsp3) is 0.389. The number of amides is 2. The van der Waals surface area contributed by atoms with Crippen molar-refractivity contribution in [3.8, 4) is 0 Å². The van der Waals surface area contributed by atoms with Crippen LogP contribution in [0.15, 0.2) is 36.9 Å². The highest BCUT2D eigenvalue weighted by atomic mass is 32.2. The van der Waals surface area contributed by atoms with Crippen LogP contribution >= 0.6 is 24.0 Å². The van der Waals surface area contributed by atoms with Crippen molar-refractivity contribution < 1.29 is 14.3 Å². The van der Waals surface area contributed by atoms with Gasteiger partial charge in [0, 0.05) is 25.1 Å². The van der Waals surface area contributed by atoms with E-state index in [9.17, 15) is 9.59 Å². The Morgan fingerprint density at radius 3 is 2.50 bits per heavy atom. The summed E-state index contributed by atoms with van der Waals surface area (Å²) in [6.07, 6.45) is 1.70. The fourth-order valence-corrected chi connectivity index (χ4v) is 3.48. The SMILES string of the molecule is C=CCN(C(C)=O)C(=O)CC(SC(=S)OCC)c1ccc(C)cc1. The second-order valence-electron chi connectivity index (χ2n) is 5.22. The second kappa shape index (κ2) is 10.3. The Kier molecular flexibility index (Phi) is 8.71. The van der Waals surface area contributed by atoms with Gasteiger partial charge in [-0.25, -0.2) is 0 Å². The molecular formula is C18H23NO3S2. The topological polar surface area (TPSA) is 46.6 Å². The first-order valence-corrected chi connectivity index (χ1v) is 8.99. The molecule has 1 aromatic carbocycles. The van der Waals surface area contributed by atoms with Gasteiger partial charge >= 0.3 is 0 Å². The van der Waals surface area contributed by atoms with Gasteiger partial charge in [0.05, 0.1) is 6.61 Å². The standard InChI is InChI=1S/C18H23NO3S2/c1-5-11-19(14(4)20)17(21)12-16(24-18(23)22-6-2)15-9-7-13(3)8-10-15/h5,7-10,16H,1,6,11-12H2,2-4H3. The average molecular weight is 366 g/mol. The molecule has 1 rings (SSSR count). The van der Waals surface area contributed by atoms with Crippen molar-refractivity contribution in [2.75, 3.05) is 13.2 Å². The molecule has 0 saturated heterocycles. The minimum Gasteiger partial charge on any atom is -0.479 e. The van der Waals surface area contributed by atoms with E-state index in [1.54, 1.807) is 0 Å². The Labute approximate surface area is 153 Å². The third-order valence-electron chi connectivity index (χ3n) is 3.30. The summed E-state index contributed by atoms with van der Waals surface area (Å²) in [5, 5.41) is -0.205. The molecule has 130 valence electrons. The Morgan fingerprint density at radius 1 is 1.38 bits per heavy atom. The third-order valence-corrected chi connectivity index (χ3v) is 4.74. The van der Waals surface area contributed by atoms with E-state index < -0.39 is 0 Å². The summed E-state index contributed by atoms with van der Waals surface area (Å²) in [6, 6.07) is 7.92. The predicted molar refractivity (Wildman–Crippen MR) is 103 cm³/mol. The number of hydrogen-bond donors (Lipinski definition) is 0. The lowest BCUT2D eigenvalue weighted by Crippen LogP contribution is -2.35. The Morgan fingerprint density at radius 2 is 2.00 bits per heavy atom. The van der Waals surface area contributed by atoms with Crippen LogP contribution in [0.2, 0.25) is 0 Å². The highest BCUT2D eigenvalue weighted by Gasteiger charge is 2.24. The number of carbonyl (C=O) groups excluding carboxylic acids is 2. The van der Waals surface area contributed by atoms with Crippen molar-refractivity contribution in [2.24, 2.45) is 0 Å². The normalized spacial score (nSPS) is 11.5. The van der Waals surface area contributed by atoms with Gasteiger partial charge in [-0.2, -0.15) is 0 Å². The van der Waals surface area contributed by atoms with Crippen molar-refractivity contribution in [3.05, 3.63) is 48.0 Å². The lowest BCUT2D eigenvalue weighted by molar-refractivity contribution is -0.142. The van der Waals surface area contributed by atoms with Crippen LogP contribution in [0.25, 0.3) is 0 Å². The number of nitrogens with zero attached hydrogens (tertiary/aromatic N) is 1. The maximum atomic E-state index is 12.5. The highest BCUT2D eigenvalue weighted by molar-refractivity contribution is 8.22. The first kappa shape index (κ1) is 20.4. The molecular weight excluding hydrogens is 342 g/mol. The first-order chi connectivity index (χ1) is 11.4. The van der Waals surface area contributed by atoms with E-state index in [-0.39, 0.29) is 30.0 Å². The summed E-state index contributed by atoms with van der Waals surface area (Å²) >= 11 is 6.54. The summed E-state index contributed by atoms with van der Waals surface area (Å²) in [4.78, 5) is 25.4. The Bertz CT molecular complexity index is 599. The van der Waals surface area contributed by atoms with Crippen LogP contribution in [0.3, 0.4) is 0 Å². The van der Waals surface area contributed by atoms with Gasteiger partial charge in [0.2, 0.25) is 16.2 Å². The number of imide groups is 1. The van der Waals surface area contributed by atoms with Crippen LogP contribution in [0.5, 0.6) is 0 Å². The highest BCUT2D eigenvalue weighted by Crippen LogP contribution is 2.34. The number of ether oxygens (including phenoxy) is 1. The summed E-state index contributed by atoms with van der Waals surface area (Å²) in [6.45, 7) is 9.52. The maximum Gasteiger partial charge on any atom is 0.230 e. The van der Waals surface area contributed by atoms with E-state index in [0.717, 1.165) is 11.1 Å². The van der Waals surface area contributed by atoms with E-state index in [1.165, 1.54) is 29.7 Å². The molecule has 1 aromatic rings. The number of rotatable bonds is 7. The molecule has 0 saturated carbocycles. The molecule has 0 heterocycles. The summed E-state index contributed by atoms with van der Waals surface area (Å²) in [5.74, 6) is -0.542. The van der Waals surface area contributed by atoms with E-state index in [4.69, 9.17) is 17.0 Å². The minimum atomic E-state index is -0.292. The fourth-order valence-electron chi connectivity index (χ4n) is 2.08. The molecule has 0 aliphatic carbocycles. The zero-order valence-corrected chi connectivity index (χ0v) is 15.9. The zero-order chi connectivity index (χ0) is 18.1. The Hall–Kier alpha value is -1.66. The molecule has 1 unspecified atom stereocenters. The van der Waals surface area contributed by atoms with Gasteiger partial charge in [-0.3, -0.25) is 14.5 Å². The molecule has 0 fully saturated rings. The van der Waals surface area contributed by atoms with Crippen molar-refractivity contribution in [1.82, 2.24) is 4.90 Å².